The van der Waals surface area contributed by atoms with E-state index in [1.165, 1.54) is 5.56 Å². The van der Waals surface area contributed by atoms with E-state index < -0.39 is 6.04 Å². The van der Waals surface area contributed by atoms with Gasteiger partial charge in [0.2, 0.25) is 0 Å². The van der Waals surface area contributed by atoms with Gasteiger partial charge in [0.25, 0.3) is 11.5 Å². The summed E-state index contributed by atoms with van der Waals surface area (Å²) in [6, 6.07) is 22.6. The second kappa shape index (κ2) is 12.0. The largest absolute Gasteiger partial charge is 0.385 e. The lowest BCUT2D eigenvalue weighted by molar-refractivity contribution is 0.0634. The summed E-state index contributed by atoms with van der Waals surface area (Å²) in [6.07, 6.45) is 2.18. The number of hydrogen-bond donors (Lipinski definition) is 0. The number of rotatable bonds is 10. The average molecular weight is 498 g/mol. The Morgan fingerprint density at radius 1 is 1.00 bits per heavy atom. The maximum atomic E-state index is 13.9. The second-order valence-corrected chi connectivity index (χ2v) is 9.28. The number of nitrogens with zero attached hydrogens (tertiary/aromatic N) is 3. The molecular formula is C31H35N3O3. The fourth-order valence-electron chi connectivity index (χ4n) is 4.69. The van der Waals surface area contributed by atoms with Crippen LogP contribution in [0, 0.1) is 6.92 Å². The van der Waals surface area contributed by atoms with Crippen molar-refractivity contribution in [2.24, 2.45) is 0 Å². The van der Waals surface area contributed by atoms with Crippen LogP contribution in [0.1, 0.15) is 60.0 Å². The summed E-state index contributed by atoms with van der Waals surface area (Å²) >= 11 is 0. The van der Waals surface area contributed by atoms with Crippen molar-refractivity contribution in [3.8, 4) is 5.69 Å². The number of carbonyl (C=O) groups excluding carboxylic acids is 1. The first-order valence-electron chi connectivity index (χ1n) is 13.0. The summed E-state index contributed by atoms with van der Waals surface area (Å²) in [5.74, 6) is 0.481. The highest BCUT2D eigenvalue weighted by Gasteiger charge is 2.29. The van der Waals surface area contributed by atoms with E-state index >= 15 is 0 Å². The molecule has 0 N–H and O–H groups in total. The Bertz CT molecular complexity index is 1410. The maximum absolute atomic E-state index is 13.9. The van der Waals surface area contributed by atoms with Crippen molar-refractivity contribution in [2.75, 3.05) is 20.3 Å². The molecule has 0 aliphatic heterocycles. The molecule has 1 heterocycles. The van der Waals surface area contributed by atoms with Gasteiger partial charge in [0.15, 0.2) is 0 Å². The number of methoxy groups -OCH3 is 1. The number of aryl methyl sites for hydroxylation is 2. The average Bonchev–Trinajstić information content (AvgIpc) is 2.93. The van der Waals surface area contributed by atoms with Gasteiger partial charge in [-0.3, -0.25) is 14.2 Å². The SMILES string of the molecule is CCc1ccc(C(=O)N(CCCOC)C(CC)c2nc3ccccc3c(=O)n2-c2ccc(C)cc2)cc1. The predicted molar refractivity (Wildman–Crippen MR) is 148 cm³/mol. The highest BCUT2D eigenvalue weighted by Crippen LogP contribution is 2.28. The zero-order valence-corrected chi connectivity index (χ0v) is 22.1. The molecule has 0 bridgehead atoms. The summed E-state index contributed by atoms with van der Waals surface area (Å²) < 4.78 is 6.97. The molecule has 3 aromatic carbocycles. The molecule has 192 valence electrons. The number of ether oxygens (including phenoxy) is 1. The van der Waals surface area contributed by atoms with Gasteiger partial charge in [-0.05, 0) is 68.1 Å². The lowest BCUT2D eigenvalue weighted by Crippen LogP contribution is -2.39. The van der Waals surface area contributed by atoms with E-state index in [4.69, 9.17) is 9.72 Å². The third kappa shape index (κ3) is 5.65. The molecule has 1 unspecified atom stereocenters. The van der Waals surface area contributed by atoms with Gasteiger partial charge in [-0.25, -0.2) is 4.98 Å². The van der Waals surface area contributed by atoms with Gasteiger partial charge < -0.3 is 9.64 Å². The van der Waals surface area contributed by atoms with Crippen LogP contribution in [0.15, 0.2) is 77.6 Å². The third-order valence-electron chi connectivity index (χ3n) is 6.77. The van der Waals surface area contributed by atoms with Gasteiger partial charge in [-0.15, -0.1) is 0 Å². The predicted octanol–water partition coefficient (Wildman–Crippen LogP) is 5.89. The van der Waals surface area contributed by atoms with Crippen molar-refractivity contribution in [2.45, 2.75) is 46.1 Å². The molecule has 6 nitrogen and oxygen atoms in total. The van der Waals surface area contributed by atoms with Gasteiger partial charge in [-0.1, -0.05) is 55.8 Å². The lowest BCUT2D eigenvalue weighted by atomic mass is 10.1. The molecule has 6 heteroatoms. The summed E-state index contributed by atoms with van der Waals surface area (Å²) in [6.45, 7) is 7.15. The molecule has 0 fully saturated rings. The monoisotopic (exact) mass is 497 g/mol. The van der Waals surface area contributed by atoms with Crippen molar-refractivity contribution in [3.05, 3.63) is 106 Å². The molecule has 1 aromatic heterocycles. The molecule has 0 saturated carbocycles. The minimum Gasteiger partial charge on any atom is -0.385 e. The first kappa shape index (κ1) is 26.3. The van der Waals surface area contributed by atoms with Crippen LogP contribution < -0.4 is 5.56 Å². The van der Waals surface area contributed by atoms with E-state index in [0.29, 0.717) is 48.3 Å². The number of para-hydroxylation sites is 1. The van der Waals surface area contributed by atoms with E-state index in [1.54, 1.807) is 17.7 Å². The number of aromatic nitrogens is 2. The molecule has 0 spiro atoms. The van der Waals surface area contributed by atoms with Gasteiger partial charge in [0.1, 0.15) is 5.82 Å². The smallest absolute Gasteiger partial charge is 0.266 e. The van der Waals surface area contributed by atoms with Gasteiger partial charge in [0, 0.05) is 25.8 Å². The molecule has 37 heavy (non-hydrogen) atoms. The van der Waals surface area contributed by atoms with Gasteiger partial charge in [0.05, 0.1) is 22.6 Å². The van der Waals surface area contributed by atoms with Crippen molar-refractivity contribution in [3.63, 3.8) is 0 Å². The number of carbonyl (C=O) groups is 1. The number of amides is 1. The van der Waals surface area contributed by atoms with Crippen LogP contribution in [-0.2, 0) is 11.2 Å². The molecule has 1 amide bonds. The molecular weight excluding hydrogens is 462 g/mol. The van der Waals surface area contributed by atoms with Crippen LogP contribution in [0.4, 0.5) is 0 Å². The molecule has 0 saturated heterocycles. The third-order valence-corrected chi connectivity index (χ3v) is 6.77. The minimum atomic E-state index is -0.409. The van der Waals surface area contributed by atoms with Crippen molar-refractivity contribution in [1.29, 1.82) is 0 Å². The highest BCUT2D eigenvalue weighted by atomic mass is 16.5. The first-order chi connectivity index (χ1) is 18.0. The quantitative estimate of drug-likeness (QED) is 0.256. The Hall–Kier alpha value is -3.77. The summed E-state index contributed by atoms with van der Waals surface area (Å²) in [4.78, 5) is 34.6. The second-order valence-electron chi connectivity index (χ2n) is 9.28. The number of hydrogen-bond acceptors (Lipinski definition) is 4. The molecule has 0 radical (unpaired) electrons. The molecule has 4 rings (SSSR count). The Morgan fingerprint density at radius 3 is 2.35 bits per heavy atom. The maximum Gasteiger partial charge on any atom is 0.266 e. The topological polar surface area (TPSA) is 64.4 Å². The Balaban J connectivity index is 1.89. The summed E-state index contributed by atoms with van der Waals surface area (Å²) in [5.41, 5.74) is 4.13. The number of benzene rings is 3. The Kier molecular flexibility index (Phi) is 8.51. The van der Waals surface area contributed by atoms with E-state index in [2.05, 4.69) is 6.92 Å². The van der Waals surface area contributed by atoms with Gasteiger partial charge in [-0.2, -0.15) is 0 Å². The van der Waals surface area contributed by atoms with E-state index in [-0.39, 0.29) is 11.5 Å². The fourth-order valence-corrected chi connectivity index (χ4v) is 4.69. The van der Waals surface area contributed by atoms with Crippen LogP contribution in [-0.4, -0.2) is 40.6 Å². The van der Waals surface area contributed by atoms with E-state index in [9.17, 15) is 9.59 Å². The van der Waals surface area contributed by atoms with Crippen molar-refractivity contribution < 1.29 is 9.53 Å². The minimum absolute atomic E-state index is 0.0801. The Morgan fingerprint density at radius 2 is 1.70 bits per heavy atom. The summed E-state index contributed by atoms with van der Waals surface area (Å²) in [5, 5.41) is 0.550. The Labute approximate surface area is 218 Å². The zero-order chi connectivity index (χ0) is 26.4. The van der Waals surface area contributed by atoms with Crippen molar-refractivity contribution in [1.82, 2.24) is 14.5 Å². The zero-order valence-electron chi connectivity index (χ0n) is 22.1. The van der Waals surface area contributed by atoms with Crippen LogP contribution >= 0.6 is 0 Å². The lowest BCUT2D eigenvalue weighted by Gasteiger charge is -2.32. The van der Waals surface area contributed by atoms with Crippen molar-refractivity contribution >= 4 is 16.8 Å². The molecule has 4 aromatic rings. The van der Waals surface area contributed by atoms with Crippen LogP contribution in [0.25, 0.3) is 16.6 Å². The van der Waals surface area contributed by atoms with Crippen LogP contribution in [0.3, 0.4) is 0 Å². The number of fused-ring (bicyclic) bond motifs is 1. The first-order valence-corrected chi connectivity index (χ1v) is 13.0. The van der Waals surface area contributed by atoms with E-state index in [0.717, 1.165) is 17.7 Å². The van der Waals surface area contributed by atoms with E-state index in [1.807, 2.05) is 85.5 Å². The molecule has 0 aliphatic carbocycles. The molecule has 1 atom stereocenters. The van der Waals surface area contributed by atoms with Crippen LogP contribution in [0.2, 0.25) is 0 Å². The highest BCUT2D eigenvalue weighted by molar-refractivity contribution is 5.94. The fraction of sp³-hybridized carbons (Fsp3) is 0.323. The van der Waals surface area contributed by atoms with Gasteiger partial charge >= 0.3 is 0 Å². The standard InChI is InChI=1S/C31H35N3O3/c1-5-23-14-16-24(17-15-23)30(35)33(20-9-21-37-4)28(6-2)29-32-27-11-8-7-10-26(27)31(36)34(29)25-18-12-22(3)13-19-25/h7-8,10-19,28H,5-6,9,20-21H2,1-4H3. The normalized spacial score (nSPS) is 12.0. The molecule has 0 aliphatic rings. The van der Waals surface area contributed by atoms with Crippen LogP contribution in [0.5, 0.6) is 0 Å². The summed E-state index contributed by atoms with van der Waals surface area (Å²) in [7, 11) is 1.66.